The average Bonchev–Trinajstić information content (AvgIpc) is 3.50. The van der Waals surface area contributed by atoms with Crippen molar-refractivity contribution < 1.29 is 38.1 Å². The molecule has 6 atom stereocenters. The lowest BCUT2D eigenvalue weighted by molar-refractivity contribution is -0.199. The number of esters is 1. The third-order valence-corrected chi connectivity index (χ3v) is 17.8. The monoisotopic (exact) mass is 828 g/mol. The predicted molar refractivity (Wildman–Crippen MR) is 238 cm³/mol. The third kappa shape index (κ3) is 13.5. The van der Waals surface area contributed by atoms with Gasteiger partial charge in [0.1, 0.15) is 18.5 Å². The molecule has 324 valence electrons. The minimum Gasteiger partial charge on any atom is -0.491 e. The Bertz CT molecular complexity index is 1690. The van der Waals surface area contributed by atoms with E-state index in [0.29, 0.717) is 31.6 Å². The summed E-state index contributed by atoms with van der Waals surface area (Å²) >= 11 is 0. The lowest BCUT2D eigenvalue weighted by Gasteiger charge is -2.43. The number of unbranched alkanes of at least 4 members (excludes halogenated alkanes) is 4. The summed E-state index contributed by atoms with van der Waals surface area (Å²) in [5, 5.41) is 9.32. The second-order valence-electron chi connectivity index (χ2n) is 18.5. The molecular formula is C50H72O8Si. The van der Waals surface area contributed by atoms with Crippen LogP contribution < -0.4 is 4.74 Å². The molecule has 1 heterocycles. The van der Waals surface area contributed by atoms with E-state index < -0.39 is 14.3 Å². The summed E-state index contributed by atoms with van der Waals surface area (Å²) in [7, 11) is -2.17. The number of ether oxygens (including phenoxy) is 4. The Hall–Kier alpha value is -3.50. The van der Waals surface area contributed by atoms with Crippen LogP contribution >= 0.6 is 0 Å². The van der Waals surface area contributed by atoms with Crippen molar-refractivity contribution in [3.8, 4) is 16.9 Å². The summed E-state index contributed by atoms with van der Waals surface area (Å²) in [5.74, 6) is -0.142. The minimum atomic E-state index is -2.17. The highest BCUT2D eigenvalue weighted by atomic mass is 28.4. The third-order valence-electron chi connectivity index (χ3n) is 13.2. The van der Waals surface area contributed by atoms with Crippen molar-refractivity contribution in [3.05, 3.63) is 90.5 Å². The maximum Gasteiger partial charge on any atom is 0.338 e. The van der Waals surface area contributed by atoms with E-state index in [1.807, 2.05) is 72.8 Å². The van der Waals surface area contributed by atoms with Gasteiger partial charge in [-0.15, -0.1) is 0 Å². The first-order valence-electron chi connectivity index (χ1n) is 22.5. The van der Waals surface area contributed by atoms with Crippen LogP contribution in [0.25, 0.3) is 11.1 Å². The summed E-state index contributed by atoms with van der Waals surface area (Å²) in [6.45, 7) is 14.8. The molecule has 0 spiro atoms. The van der Waals surface area contributed by atoms with Gasteiger partial charge in [-0.3, -0.25) is 4.79 Å². The van der Waals surface area contributed by atoms with E-state index in [9.17, 15) is 14.7 Å². The van der Waals surface area contributed by atoms with Gasteiger partial charge in [-0.2, -0.15) is 0 Å². The van der Waals surface area contributed by atoms with Gasteiger partial charge in [0.25, 0.3) is 0 Å². The lowest BCUT2D eigenvalue weighted by atomic mass is 9.67. The molecule has 2 unspecified atom stereocenters. The first kappa shape index (κ1) is 46.6. The Labute approximate surface area is 355 Å². The maximum atomic E-state index is 14.3. The van der Waals surface area contributed by atoms with Crippen LogP contribution in [-0.2, 0) is 23.4 Å². The van der Waals surface area contributed by atoms with Crippen molar-refractivity contribution in [2.75, 3.05) is 13.2 Å². The van der Waals surface area contributed by atoms with Crippen molar-refractivity contribution in [2.45, 2.75) is 167 Å². The van der Waals surface area contributed by atoms with E-state index in [2.05, 4.69) is 52.9 Å². The Morgan fingerprint density at radius 2 is 1.53 bits per heavy atom. The number of rotatable bonds is 23. The van der Waals surface area contributed by atoms with Gasteiger partial charge in [0.15, 0.2) is 14.6 Å². The number of hydrogen-bond donors (Lipinski definition) is 1. The summed E-state index contributed by atoms with van der Waals surface area (Å²) in [4.78, 5) is 25.6. The Morgan fingerprint density at radius 3 is 2.17 bits per heavy atom. The van der Waals surface area contributed by atoms with Crippen LogP contribution in [0, 0.1) is 11.3 Å². The van der Waals surface area contributed by atoms with E-state index in [4.69, 9.17) is 23.4 Å². The van der Waals surface area contributed by atoms with Crippen molar-refractivity contribution in [1.29, 1.82) is 0 Å². The molecule has 59 heavy (non-hydrogen) atoms. The molecule has 2 fully saturated rings. The molecule has 5 rings (SSSR count). The molecule has 1 saturated heterocycles. The highest BCUT2D eigenvalue weighted by Crippen LogP contribution is 2.56. The summed E-state index contributed by atoms with van der Waals surface area (Å²) < 4.78 is 33.6. The van der Waals surface area contributed by atoms with Crippen LogP contribution in [0.3, 0.4) is 0 Å². The van der Waals surface area contributed by atoms with Crippen LogP contribution in [0.5, 0.6) is 5.75 Å². The van der Waals surface area contributed by atoms with Gasteiger partial charge in [0.05, 0.1) is 17.8 Å². The highest BCUT2D eigenvalue weighted by Gasteiger charge is 2.57. The van der Waals surface area contributed by atoms with Gasteiger partial charge < -0.3 is 28.5 Å². The summed E-state index contributed by atoms with van der Waals surface area (Å²) in [6.07, 6.45) is 11.6. The van der Waals surface area contributed by atoms with Crippen LogP contribution in [0.1, 0.15) is 134 Å². The van der Waals surface area contributed by atoms with Crippen molar-refractivity contribution in [2.24, 2.45) is 11.3 Å². The highest BCUT2D eigenvalue weighted by molar-refractivity contribution is 6.74. The van der Waals surface area contributed by atoms with Gasteiger partial charge in [0, 0.05) is 24.9 Å². The van der Waals surface area contributed by atoms with E-state index >= 15 is 0 Å². The van der Waals surface area contributed by atoms with Crippen molar-refractivity contribution in [1.82, 2.24) is 0 Å². The van der Waals surface area contributed by atoms with Crippen molar-refractivity contribution >= 4 is 20.3 Å². The largest absolute Gasteiger partial charge is 0.491 e. The van der Waals surface area contributed by atoms with Crippen LogP contribution in [0.15, 0.2) is 84.9 Å². The Balaban J connectivity index is 1.47. The maximum absolute atomic E-state index is 14.3. The fourth-order valence-electron chi connectivity index (χ4n) is 8.90. The number of aliphatic carboxylic acids is 1. The minimum absolute atomic E-state index is 0.0272. The van der Waals surface area contributed by atoms with Gasteiger partial charge in [-0.1, -0.05) is 120 Å². The summed E-state index contributed by atoms with van der Waals surface area (Å²) in [5.41, 5.74) is 2.35. The number of carbonyl (C=O) groups excluding carboxylic acids is 1. The molecule has 9 heteroatoms. The number of para-hydroxylation sites is 1. The molecule has 1 N–H and O–H groups in total. The van der Waals surface area contributed by atoms with Crippen LogP contribution in [0.2, 0.25) is 18.1 Å². The molecular weight excluding hydrogens is 757 g/mol. The van der Waals surface area contributed by atoms with Gasteiger partial charge in [-0.05, 0) is 111 Å². The zero-order valence-corrected chi connectivity index (χ0v) is 37.8. The first-order chi connectivity index (χ1) is 28.3. The lowest BCUT2D eigenvalue weighted by Crippen LogP contribution is -2.46. The molecule has 3 aromatic carbocycles. The SMILES string of the molecule is CCCC[C@]1(CCCCCCC(=O)O)[C@@H](OC(=O)c2ccc(-c3ccccc3)cc2)CC(OC2CCCCO2)[C@@H]1CC[C@@H](COc1ccccc1)O[Si](C)(C)C(C)(C)C. The molecule has 1 aliphatic carbocycles. The molecule has 1 saturated carbocycles. The predicted octanol–water partition coefficient (Wildman–Crippen LogP) is 12.7. The molecule has 0 radical (unpaired) electrons. The molecule has 0 amide bonds. The van der Waals surface area contributed by atoms with Crippen LogP contribution in [0.4, 0.5) is 0 Å². The topological polar surface area (TPSA) is 101 Å². The molecule has 2 aliphatic rings. The van der Waals surface area contributed by atoms with E-state index in [1.165, 1.54) is 0 Å². The van der Waals surface area contributed by atoms with E-state index in [0.717, 1.165) is 93.9 Å². The number of carboxylic acids is 1. The molecule has 0 bridgehead atoms. The number of benzene rings is 3. The second-order valence-corrected chi connectivity index (χ2v) is 23.3. The van der Waals surface area contributed by atoms with Gasteiger partial charge in [0.2, 0.25) is 0 Å². The quantitative estimate of drug-likeness (QED) is 0.0573. The van der Waals surface area contributed by atoms with Crippen molar-refractivity contribution in [3.63, 3.8) is 0 Å². The van der Waals surface area contributed by atoms with E-state index in [1.54, 1.807) is 0 Å². The molecule has 8 nitrogen and oxygen atoms in total. The first-order valence-corrected chi connectivity index (χ1v) is 25.4. The smallest absolute Gasteiger partial charge is 0.338 e. The van der Waals surface area contributed by atoms with E-state index in [-0.39, 0.29) is 53.4 Å². The standard InChI is InChI=1S/C50H72O8Si/c1-7-8-33-50(34-19-10-9-17-25-46(51)52)43(32-31-42(58-59(5,6)49(2,3)4)37-55-41-23-15-12-16-24-41)44(56-47-26-18-20-35-54-47)36-45(50)57-48(53)40-29-27-39(28-30-40)38-21-13-11-14-22-38/h11-16,21-24,27-30,42-45,47H,7-10,17-20,25-26,31-37H2,1-6H3,(H,51,52)/t42-,43-,44?,45-,47?,50+/m0/s1. The Morgan fingerprint density at radius 1 is 0.864 bits per heavy atom. The van der Waals surface area contributed by atoms with Gasteiger partial charge in [-0.25, -0.2) is 4.79 Å². The van der Waals surface area contributed by atoms with Crippen LogP contribution in [-0.4, -0.2) is 63.2 Å². The summed E-state index contributed by atoms with van der Waals surface area (Å²) in [6, 6.07) is 27.9. The number of carboxylic acid groups (broad SMARTS) is 1. The zero-order chi connectivity index (χ0) is 42.3. The van der Waals surface area contributed by atoms with Gasteiger partial charge >= 0.3 is 11.9 Å². The Kier molecular flexibility index (Phi) is 17.7. The second kappa shape index (κ2) is 22.4. The average molecular weight is 829 g/mol. The number of carbonyl (C=O) groups is 2. The molecule has 3 aromatic rings. The normalized spacial score (nSPS) is 22.8. The number of hydrogen-bond acceptors (Lipinski definition) is 7. The molecule has 0 aromatic heterocycles. The fourth-order valence-corrected chi connectivity index (χ4v) is 10.3. The zero-order valence-electron chi connectivity index (χ0n) is 36.8. The molecule has 1 aliphatic heterocycles. The fraction of sp³-hybridized carbons (Fsp3) is 0.600.